The SMILES string of the molecule is Fc1cccc(Cn2cc(-c3cccc4nc(Cc5ccc(CCCN6CCCC6)cc5)nn34)cn2)c1. The number of rotatable bonds is 9. The van der Waals surface area contributed by atoms with Gasteiger partial charge in [-0.2, -0.15) is 10.2 Å². The molecule has 0 spiro atoms. The Morgan fingerprint density at radius 2 is 1.68 bits per heavy atom. The highest BCUT2D eigenvalue weighted by Gasteiger charge is 2.12. The number of nitrogens with zero attached hydrogens (tertiary/aromatic N) is 6. The van der Waals surface area contributed by atoms with E-state index in [1.54, 1.807) is 6.07 Å². The zero-order valence-electron chi connectivity index (χ0n) is 20.9. The summed E-state index contributed by atoms with van der Waals surface area (Å²) in [5, 5.41) is 9.30. The third-order valence-corrected chi connectivity index (χ3v) is 7.09. The minimum Gasteiger partial charge on any atom is -0.303 e. The lowest BCUT2D eigenvalue weighted by atomic mass is 10.1. The molecular weight excluding hydrogens is 463 g/mol. The molecular formula is C30H31FN6. The molecule has 0 N–H and O–H groups in total. The molecule has 6 rings (SSSR count). The van der Waals surface area contributed by atoms with E-state index in [-0.39, 0.29) is 5.82 Å². The average Bonchev–Trinajstić information content (AvgIpc) is 3.66. The second-order valence-electron chi connectivity index (χ2n) is 9.91. The molecule has 6 nitrogen and oxygen atoms in total. The molecule has 2 aromatic carbocycles. The van der Waals surface area contributed by atoms with Crippen molar-refractivity contribution in [2.24, 2.45) is 0 Å². The molecule has 1 aliphatic rings. The van der Waals surface area contributed by atoms with Crippen LogP contribution in [0.1, 0.15) is 41.8 Å². The lowest BCUT2D eigenvalue weighted by Crippen LogP contribution is -2.20. The van der Waals surface area contributed by atoms with E-state index in [0.717, 1.165) is 34.7 Å². The van der Waals surface area contributed by atoms with Gasteiger partial charge in [-0.3, -0.25) is 4.68 Å². The summed E-state index contributed by atoms with van der Waals surface area (Å²) < 4.78 is 17.2. The zero-order chi connectivity index (χ0) is 25.0. The molecule has 0 unspecified atom stereocenters. The van der Waals surface area contributed by atoms with Crippen molar-refractivity contribution in [3.8, 4) is 11.3 Å². The predicted octanol–water partition coefficient (Wildman–Crippen LogP) is 5.40. The maximum Gasteiger partial charge on any atom is 0.156 e. The van der Waals surface area contributed by atoms with Crippen LogP contribution in [0, 0.1) is 5.82 Å². The third kappa shape index (κ3) is 5.62. The van der Waals surface area contributed by atoms with Crippen LogP contribution >= 0.6 is 0 Å². The van der Waals surface area contributed by atoms with Crippen LogP contribution in [0.25, 0.3) is 16.9 Å². The summed E-state index contributed by atoms with van der Waals surface area (Å²) in [6, 6.07) is 21.5. The molecule has 0 radical (unpaired) electrons. The molecule has 7 heteroatoms. The summed E-state index contributed by atoms with van der Waals surface area (Å²) in [6.45, 7) is 4.25. The second-order valence-corrected chi connectivity index (χ2v) is 9.91. The molecule has 5 aromatic rings. The molecule has 0 bridgehead atoms. The first-order valence-corrected chi connectivity index (χ1v) is 13.1. The molecule has 0 aliphatic carbocycles. The van der Waals surface area contributed by atoms with Gasteiger partial charge in [-0.25, -0.2) is 13.9 Å². The number of halogens is 1. The number of likely N-dealkylation sites (tertiary alicyclic amines) is 1. The van der Waals surface area contributed by atoms with Crippen molar-refractivity contribution in [2.75, 3.05) is 19.6 Å². The van der Waals surface area contributed by atoms with E-state index in [1.807, 2.05) is 45.9 Å². The van der Waals surface area contributed by atoms with Crippen molar-refractivity contribution < 1.29 is 4.39 Å². The number of pyridine rings is 1. The lowest BCUT2D eigenvalue weighted by Gasteiger charge is -2.13. The third-order valence-electron chi connectivity index (χ3n) is 7.09. The summed E-state index contributed by atoms with van der Waals surface area (Å²) in [7, 11) is 0. The highest BCUT2D eigenvalue weighted by Crippen LogP contribution is 2.21. The first kappa shape index (κ1) is 23.6. The van der Waals surface area contributed by atoms with Gasteiger partial charge in [0, 0.05) is 18.2 Å². The van der Waals surface area contributed by atoms with Crippen LogP contribution in [-0.2, 0) is 19.4 Å². The van der Waals surface area contributed by atoms with Crippen molar-refractivity contribution >= 4 is 5.65 Å². The molecule has 0 saturated carbocycles. The normalized spacial score (nSPS) is 14.1. The largest absolute Gasteiger partial charge is 0.303 e. The topological polar surface area (TPSA) is 51.2 Å². The first-order valence-electron chi connectivity index (χ1n) is 13.1. The van der Waals surface area contributed by atoms with Gasteiger partial charge < -0.3 is 4.90 Å². The molecule has 4 heterocycles. The second kappa shape index (κ2) is 10.6. The van der Waals surface area contributed by atoms with Crippen LogP contribution in [0.4, 0.5) is 4.39 Å². The van der Waals surface area contributed by atoms with Crippen molar-refractivity contribution in [1.29, 1.82) is 0 Å². The molecule has 37 heavy (non-hydrogen) atoms. The minimum absolute atomic E-state index is 0.239. The number of fused-ring (bicyclic) bond motifs is 1. The molecule has 0 amide bonds. The van der Waals surface area contributed by atoms with Gasteiger partial charge >= 0.3 is 0 Å². The maximum absolute atomic E-state index is 13.5. The Balaban J connectivity index is 1.13. The fourth-order valence-corrected chi connectivity index (χ4v) is 5.17. The Morgan fingerprint density at radius 3 is 2.51 bits per heavy atom. The smallest absolute Gasteiger partial charge is 0.156 e. The van der Waals surface area contributed by atoms with Crippen LogP contribution < -0.4 is 0 Å². The van der Waals surface area contributed by atoms with Crippen LogP contribution in [0.5, 0.6) is 0 Å². The zero-order valence-corrected chi connectivity index (χ0v) is 20.9. The molecule has 1 saturated heterocycles. The minimum atomic E-state index is -0.239. The van der Waals surface area contributed by atoms with Crippen LogP contribution in [-0.4, -0.2) is 48.9 Å². The fourth-order valence-electron chi connectivity index (χ4n) is 5.17. The lowest BCUT2D eigenvalue weighted by molar-refractivity contribution is 0.334. The summed E-state index contributed by atoms with van der Waals surface area (Å²) in [5.74, 6) is 0.554. The van der Waals surface area contributed by atoms with Crippen LogP contribution in [0.2, 0.25) is 0 Å². The molecule has 1 fully saturated rings. The maximum atomic E-state index is 13.5. The van der Waals surface area contributed by atoms with E-state index in [4.69, 9.17) is 10.1 Å². The van der Waals surface area contributed by atoms with E-state index in [2.05, 4.69) is 34.3 Å². The Morgan fingerprint density at radius 1 is 0.865 bits per heavy atom. The van der Waals surface area contributed by atoms with E-state index < -0.39 is 0 Å². The predicted molar refractivity (Wildman–Crippen MR) is 143 cm³/mol. The highest BCUT2D eigenvalue weighted by molar-refractivity contribution is 5.61. The summed E-state index contributed by atoms with van der Waals surface area (Å²) >= 11 is 0. The number of hydrogen-bond donors (Lipinski definition) is 0. The highest BCUT2D eigenvalue weighted by atomic mass is 19.1. The fraction of sp³-hybridized carbons (Fsp3) is 0.300. The molecule has 0 atom stereocenters. The van der Waals surface area contributed by atoms with Gasteiger partial charge in [-0.1, -0.05) is 42.5 Å². The first-order chi connectivity index (χ1) is 18.2. The van der Waals surface area contributed by atoms with Gasteiger partial charge in [-0.15, -0.1) is 0 Å². The van der Waals surface area contributed by atoms with Crippen molar-refractivity contribution in [1.82, 2.24) is 29.3 Å². The summed E-state index contributed by atoms with van der Waals surface area (Å²) in [6.07, 6.45) is 9.52. The van der Waals surface area contributed by atoms with Crippen molar-refractivity contribution in [3.05, 3.63) is 107 Å². The number of aryl methyl sites for hydroxylation is 1. The monoisotopic (exact) mass is 494 g/mol. The molecule has 3 aromatic heterocycles. The number of hydrogen-bond acceptors (Lipinski definition) is 4. The number of aromatic nitrogens is 5. The standard InChI is InChI=1S/C30H31FN6/c31-27-8-3-6-25(18-27)21-36-22-26(20-32-36)28-9-4-10-30-33-29(34-37(28)30)19-24-13-11-23(12-14-24)7-5-17-35-15-1-2-16-35/h3-4,6,8-14,18,20,22H,1-2,5,7,15-17,19,21H2. The van der Waals surface area contributed by atoms with Crippen molar-refractivity contribution in [2.45, 2.75) is 38.6 Å². The molecule has 188 valence electrons. The van der Waals surface area contributed by atoms with E-state index in [1.165, 1.54) is 62.2 Å². The van der Waals surface area contributed by atoms with Gasteiger partial charge in [0.15, 0.2) is 11.5 Å². The van der Waals surface area contributed by atoms with Gasteiger partial charge in [0.25, 0.3) is 0 Å². The van der Waals surface area contributed by atoms with Gasteiger partial charge in [-0.05, 0) is 86.3 Å². The average molecular weight is 495 g/mol. The van der Waals surface area contributed by atoms with E-state index >= 15 is 0 Å². The van der Waals surface area contributed by atoms with Crippen LogP contribution in [0.3, 0.4) is 0 Å². The number of benzene rings is 2. The van der Waals surface area contributed by atoms with Gasteiger partial charge in [0.05, 0.1) is 18.4 Å². The Labute approximate surface area is 216 Å². The Bertz CT molecular complexity index is 1480. The summed E-state index contributed by atoms with van der Waals surface area (Å²) in [5.41, 5.74) is 6.15. The summed E-state index contributed by atoms with van der Waals surface area (Å²) in [4.78, 5) is 7.35. The Kier molecular flexibility index (Phi) is 6.78. The van der Waals surface area contributed by atoms with Gasteiger partial charge in [0.2, 0.25) is 0 Å². The van der Waals surface area contributed by atoms with E-state index in [0.29, 0.717) is 13.0 Å². The van der Waals surface area contributed by atoms with Crippen LogP contribution in [0.15, 0.2) is 79.1 Å². The molecule has 1 aliphatic heterocycles. The van der Waals surface area contributed by atoms with E-state index in [9.17, 15) is 4.39 Å². The van der Waals surface area contributed by atoms with Crippen molar-refractivity contribution in [3.63, 3.8) is 0 Å². The quantitative estimate of drug-likeness (QED) is 0.275. The van der Waals surface area contributed by atoms with Gasteiger partial charge in [0.1, 0.15) is 5.82 Å². The Hall–Kier alpha value is -3.84.